The van der Waals surface area contributed by atoms with Crippen LogP contribution in [0.2, 0.25) is 0 Å². The molecule has 4 rings (SSSR count). The largest absolute Gasteiger partial charge is 0.336 e. The van der Waals surface area contributed by atoms with Gasteiger partial charge in [-0.05, 0) is 37.5 Å². The Morgan fingerprint density at radius 3 is 2.96 bits per heavy atom. The third-order valence-electron chi connectivity index (χ3n) is 4.70. The molecule has 3 heterocycles. The zero-order chi connectivity index (χ0) is 16.7. The van der Waals surface area contributed by atoms with E-state index in [0.717, 1.165) is 12.8 Å². The van der Waals surface area contributed by atoms with Gasteiger partial charge in [0.15, 0.2) is 0 Å². The van der Waals surface area contributed by atoms with Crippen LogP contribution in [0.3, 0.4) is 0 Å². The van der Waals surface area contributed by atoms with Gasteiger partial charge in [0.25, 0.3) is 11.5 Å². The molecule has 1 fully saturated rings. The molecule has 1 aliphatic heterocycles. The van der Waals surface area contributed by atoms with E-state index in [1.807, 2.05) is 0 Å². The standard InChI is InChI=1S/C16H18N6O2/c17-10-2-1-6-16(8-10)21-14(23)12-4-3-11(15(24)22(12)16)20-13-5-7-18-9-19-13/h3-5,7,9-10H,1-2,6,8,17H2,(H,21,23)(H,18,19,20)/t10-,16?/m0/s1. The third-order valence-corrected chi connectivity index (χ3v) is 4.70. The number of nitrogens with zero attached hydrogens (tertiary/aromatic N) is 3. The molecule has 0 radical (unpaired) electrons. The van der Waals surface area contributed by atoms with Crippen LogP contribution in [-0.4, -0.2) is 26.5 Å². The van der Waals surface area contributed by atoms with Gasteiger partial charge in [0.05, 0.1) is 0 Å². The van der Waals surface area contributed by atoms with Crippen molar-refractivity contribution in [2.24, 2.45) is 5.73 Å². The van der Waals surface area contributed by atoms with E-state index in [1.54, 1.807) is 29.0 Å². The van der Waals surface area contributed by atoms with E-state index in [4.69, 9.17) is 5.73 Å². The average Bonchev–Trinajstić information content (AvgIpc) is 2.83. The summed E-state index contributed by atoms with van der Waals surface area (Å²) in [5, 5.41) is 5.98. The average molecular weight is 326 g/mol. The predicted octanol–water partition coefficient (Wildman–Crippen LogP) is 0.679. The molecule has 2 aliphatic rings. The zero-order valence-corrected chi connectivity index (χ0v) is 13.0. The number of aromatic nitrogens is 3. The van der Waals surface area contributed by atoms with E-state index in [-0.39, 0.29) is 17.5 Å². The van der Waals surface area contributed by atoms with Gasteiger partial charge in [-0.25, -0.2) is 9.97 Å². The minimum Gasteiger partial charge on any atom is -0.336 e. The summed E-state index contributed by atoms with van der Waals surface area (Å²) in [4.78, 5) is 33.2. The van der Waals surface area contributed by atoms with Gasteiger partial charge in [-0.1, -0.05) is 0 Å². The number of carbonyl (C=O) groups is 1. The molecule has 1 unspecified atom stereocenters. The highest BCUT2D eigenvalue weighted by molar-refractivity contribution is 5.95. The second-order valence-corrected chi connectivity index (χ2v) is 6.33. The summed E-state index contributed by atoms with van der Waals surface area (Å²) in [7, 11) is 0. The number of amides is 1. The van der Waals surface area contributed by atoms with Crippen molar-refractivity contribution in [3.8, 4) is 0 Å². The van der Waals surface area contributed by atoms with Crippen LogP contribution in [0.15, 0.2) is 35.5 Å². The van der Waals surface area contributed by atoms with Gasteiger partial charge in [0.1, 0.15) is 29.2 Å². The van der Waals surface area contributed by atoms with Crippen LogP contribution in [0, 0.1) is 0 Å². The highest BCUT2D eigenvalue weighted by Gasteiger charge is 2.46. The number of fused-ring (bicyclic) bond motifs is 2. The fourth-order valence-electron chi connectivity index (χ4n) is 3.68. The monoisotopic (exact) mass is 326 g/mol. The lowest BCUT2D eigenvalue weighted by Gasteiger charge is -2.38. The zero-order valence-electron chi connectivity index (χ0n) is 13.0. The molecule has 1 saturated carbocycles. The van der Waals surface area contributed by atoms with E-state index in [1.165, 1.54) is 6.33 Å². The van der Waals surface area contributed by atoms with Gasteiger partial charge < -0.3 is 16.4 Å². The maximum absolute atomic E-state index is 13.0. The fraction of sp³-hybridized carbons (Fsp3) is 0.375. The van der Waals surface area contributed by atoms with Crippen molar-refractivity contribution in [3.63, 3.8) is 0 Å². The Kier molecular flexibility index (Phi) is 3.34. The molecular weight excluding hydrogens is 308 g/mol. The predicted molar refractivity (Wildman–Crippen MR) is 87.9 cm³/mol. The minimum absolute atomic E-state index is 0.0321. The van der Waals surface area contributed by atoms with Crippen molar-refractivity contribution in [1.29, 1.82) is 0 Å². The summed E-state index contributed by atoms with van der Waals surface area (Å²) in [6.45, 7) is 0. The van der Waals surface area contributed by atoms with Gasteiger partial charge in [-0.3, -0.25) is 14.2 Å². The molecule has 8 heteroatoms. The van der Waals surface area contributed by atoms with Crippen LogP contribution < -0.4 is 21.9 Å². The molecule has 0 aromatic carbocycles. The second-order valence-electron chi connectivity index (χ2n) is 6.33. The molecule has 8 nitrogen and oxygen atoms in total. The Labute approximate surface area is 138 Å². The van der Waals surface area contributed by atoms with Crippen LogP contribution in [0.5, 0.6) is 0 Å². The summed E-state index contributed by atoms with van der Waals surface area (Å²) >= 11 is 0. The lowest BCUT2D eigenvalue weighted by Crippen LogP contribution is -2.53. The van der Waals surface area contributed by atoms with Crippen molar-refractivity contribution in [3.05, 3.63) is 46.8 Å². The van der Waals surface area contributed by atoms with Crippen molar-refractivity contribution >= 4 is 17.4 Å². The topological polar surface area (TPSA) is 115 Å². The van der Waals surface area contributed by atoms with E-state index in [2.05, 4.69) is 20.6 Å². The molecule has 0 bridgehead atoms. The fourth-order valence-corrected chi connectivity index (χ4v) is 3.68. The van der Waals surface area contributed by atoms with Crippen LogP contribution in [0.25, 0.3) is 0 Å². The van der Waals surface area contributed by atoms with Crippen molar-refractivity contribution < 1.29 is 4.79 Å². The number of anilines is 2. The smallest absolute Gasteiger partial charge is 0.276 e. The van der Waals surface area contributed by atoms with Gasteiger partial charge in [0.2, 0.25) is 0 Å². The van der Waals surface area contributed by atoms with E-state index < -0.39 is 5.66 Å². The molecule has 1 spiro atoms. The SMILES string of the molecule is N[C@H]1CCCC2(C1)NC(=O)c1ccc(Nc3ccncn3)c(=O)n12. The van der Waals surface area contributed by atoms with Crippen molar-refractivity contribution in [2.75, 3.05) is 5.32 Å². The van der Waals surface area contributed by atoms with E-state index >= 15 is 0 Å². The molecule has 1 amide bonds. The molecule has 2 aromatic heterocycles. The first kappa shape index (κ1) is 14.8. The van der Waals surface area contributed by atoms with Gasteiger partial charge in [-0.2, -0.15) is 0 Å². The summed E-state index contributed by atoms with van der Waals surface area (Å²) in [5.41, 5.74) is 5.88. The highest BCUT2D eigenvalue weighted by atomic mass is 16.2. The maximum Gasteiger partial charge on any atom is 0.276 e. The summed E-state index contributed by atoms with van der Waals surface area (Å²) in [6, 6.07) is 4.91. The number of nitrogens with one attached hydrogen (secondary N) is 2. The van der Waals surface area contributed by atoms with Crippen LogP contribution in [0.4, 0.5) is 11.5 Å². The van der Waals surface area contributed by atoms with E-state index in [0.29, 0.717) is 30.0 Å². The van der Waals surface area contributed by atoms with E-state index in [9.17, 15) is 9.59 Å². The molecule has 0 saturated heterocycles. The molecule has 124 valence electrons. The number of carbonyl (C=O) groups excluding carboxylic acids is 1. The Hall–Kier alpha value is -2.74. The Balaban J connectivity index is 1.80. The van der Waals surface area contributed by atoms with Crippen LogP contribution >= 0.6 is 0 Å². The minimum atomic E-state index is -0.718. The van der Waals surface area contributed by atoms with Crippen molar-refractivity contribution in [2.45, 2.75) is 37.4 Å². The number of hydrogen-bond donors (Lipinski definition) is 3. The molecule has 24 heavy (non-hydrogen) atoms. The summed E-state index contributed by atoms with van der Waals surface area (Å²) < 4.78 is 1.57. The molecule has 4 N–H and O–H groups in total. The number of rotatable bonds is 2. The Bertz CT molecular complexity index is 849. The lowest BCUT2D eigenvalue weighted by atomic mass is 9.86. The first-order chi connectivity index (χ1) is 11.6. The quantitative estimate of drug-likeness (QED) is 0.747. The maximum atomic E-state index is 13.0. The van der Waals surface area contributed by atoms with Crippen LogP contribution in [0.1, 0.15) is 36.2 Å². The number of pyridine rings is 1. The molecule has 2 atom stereocenters. The highest BCUT2D eigenvalue weighted by Crippen LogP contribution is 2.36. The lowest BCUT2D eigenvalue weighted by molar-refractivity contribution is 0.0863. The summed E-state index contributed by atoms with van der Waals surface area (Å²) in [5.74, 6) is 0.295. The van der Waals surface area contributed by atoms with Gasteiger partial charge in [0, 0.05) is 18.7 Å². The molecular formula is C16H18N6O2. The van der Waals surface area contributed by atoms with Gasteiger partial charge in [-0.15, -0.1) is 0 Å². The first-order valence-electron chi connectivity index (χ1n) is 7.97. The Morgan fingerprint density at radius 2 is 2.21 bits per heavy atom. The third kappa shape index (κ3) is 2.26. The van der Waals surface area contributed by atoms with Crippen LogP contribution in [-0.2, 0) is 5.66 Å². The number of nitrogens with two attached hydrogens (primary N) is 1. The Morgan fingerprint density at radius 1 is 1.33 bits per heavy atom. The normalized spacial score (nSPS) is 25.4. The second kappa shape index (κ2) is 5.41. The number of hydrogen-bond acceptors (Lipinski definition) is 6. The van der Waals surface area contributed by atoms with Gasteiger partial charge >= 0.3 is 0 Å². The first-order valence-corrected chi connectivity index (χ1v) is 7.97. The van der Waals surface area contributed by atoms with Crippen molar-refractivity contribution in [1.82, 2.24) is 19.9 Å². The molecule has 1 aliphatic carbocycles. The summed E-state index contributed by atoms with van der Waals surface area (Å²) in [6.07, 6.45) is 6.03. The molecule has 2 aromatic rings.